The molecule has 1 aromatic carbocycles. The number of aliphatic hydroxyl groups excluding tert-OH is 1. The van der Waals surface area contributed by atoms with Crippen molar-refractivity contribution in [2.75, 3.05) is 6.54 Å². The molecule has 1 unspecified atom stereocenters. The van der Waals surface area contributed by atoms with E-state index in [0.29, 0.717) is 22.8 Å². The Bertz CT molecular complexity index is 449. The average Bonchev–Trinajstić information content (AvgIpc) is 2.38. The summed E-state index contributed by atoms with van der Waals surface area (Å²) in [5.74, 6) is 0.199. The maximum absolute atomic E-state index is 12.1. The van der Waals surface area contributed by atoms with Crippen molar-refractivity contribution in [2.45, 2.75) is 45.8 Å². The van der Waals surface area contributed by atoms with E-state index in [9.17, 15) is 9.90 Å². The standard InChI is InChI=1S/C15H22ClNO3/c1-4-5-12(18)9-17-15(19)13-8-11(16)6-7-14(13)20-10(2)3/h6-8,10,12,18H,4-5,9H2,1-3H3,(H,17,19). The average molecular weight is 300 g/mol. The third-order valence-corrected chi connectivity index (χ3v) is 2.90. The van der Waals surface area contributed by atoms with E-state index in [1.54, 1.807) is 18.2 Å². The maximum Gasteiger partial charge on any atom is 0.255 e. The minimum Gasteiger partial charge on any atom is -0.490 e. The summed E-state index contributed by atoms with van der Waals surface area (Å²) >= 11 is 5.92. The molecule has 0 aliphatic heterocycles. The van der Waals surface area contributed by atoms with E-state index in [2.05, 4.69) is 5.32 Å². The fourth-order valence-corrected chi connectivity index (χ4v) is 1.95. The molecule has 1 amide bonds. The maximum atomic E-state index is 12.1. The SMILES string of the molecule is CCCC(O)CNC(=O)c1cc(Cl)ccc1OC(C)C. The molecule has 0 spiro atoms. The number of halogens is 1. The predicted molar refractivity (Wildman–Crippen MR) is 80.5 cm³/mol. The van der Waals surface area contributed by atoms with Crippen LogP contribution in [0.25, 0.3) is 0 Å². The highest BCUT2D eigenvalue weighted by atomic mass is 35.5. The fraction of sp³-hybridized carbons (Fsp3) is 0.533. The number of amides is 1. The summed E-state index contributed by atoms with van der Waals surface area (Å²) in [6, 6.07) is 4.93. The molecule has 0 aliphatic rings. The van der Waals surface area contributed by atoms with Crippen LogP contribution in [0, 0.1) is 0 Å². The van der Waals surface area contributed by atoms with Gasteiger partial charge in [-0.05, 0) is 38.5 Å². The van der Waals surface area contributed by atoms with Crippen LogP contribution < -0.4 is 10.1 Å². The highest BCUT2D eigenvalue weighted by molar-refractivity contribution is 6.31. The summed E-state index contributed by atoms with van der Waals surface area (Å²) in [5.41, 5.74) is 0.384. The Hall–Kier alpha value is -1.26. The van der Waals surface area contributed by atoms with Crippen molar-refractivity contribution in [3.63, 3.8) is 0 Å². The molecule has 0 saturated heterocycles. The van der Waals surface area contributed by atoms with Gasteiger partial charge in [-0.2, -0.15) is 0 Å². The molecule has 1 rings (SSSR count). The molecule has 1 atom stereocenters. The fourth-order valence-electron chi connectivity index (χ4n) is 1.78. The third-order valence-electron chi connectivity index (χ3n) is 2.67. The molecule has 2 N–H and O–H groups in total. The van der Waals surface area contributed by atoms with Gasteiger partial charge in [0.15, 0.2) is 0 Å². The van der Waals surface area contributed by atoms with Crippen LogP contribution in [-0.2, 0) is 0 Å². The first-order valence-electron chi connectivity index (χ1n) is 6.86. The summed E-state index contributed by atoms with van der Waals surface area (Å²) in [4.78, 5) is 12.1. The van der Waals surface area contributed by atoms with E-state index in [-0.39, 0.29) is 18.6 Å². The number of hydrogen-bond acceptors (Lipinski definition) is 3. The van der Waals surface area contributed by atoms with Gasteiger partial charge in [0, 0.05) is 11.6 Å². The van der Waals surface area contributed by atoms with Crippen LogP contribution in [-0.4, -0.2) is 29.8 Å². The Morgan fingerprint density at radius 1 is 1.45 bits per heavy atom. The zero-order valence-corrected chi connectivity index (χ0v) is 12.9. The molecular weight excluding hydrogens is 278 g/mol. The van der Waals surface area contributed by atoms with Crippen molar-refractivity contribution in [1.29, 1.82) is 0 Å². The molecule has 4 nitrogen and oxygen atoms in total. The first-order valence-corrected chi connectivity index (χ1v) is 7.24. The first-order chi connectivity index (χ1) is 9.43. The molecule has 5 heteroatoms. The third kappa shape index (κ3) is 5.39. The van der Waals surface area contributed by atoms with Gasteiger partial charge in [-0.25, -0.2) is 0 Å². The summed E-state index contributed by atoms with van der Waals surface area (Å²) in [6.07, 6.45) is 0.965. The van der Waals surface area contributed by atoms with Gasteiger partial charge in [-0.3, -0.25) is 4.79 Å². The van der Waals surface area contributed by atoms with E-state index in [4.69, 9.17) is 16.3 Å². The molecule has 112 valence electrons. The van der Waals surface area contributed by atoms with Crippen molar-refractivity contribution in [3.8, 4) is 5.75 Å². The molecule has 20 heavy (non-hydrogen) atoms. The smallest absolute Gasteiger partial charge is 0.255 e. The van der Waals surface area contributed by atoms with Gasteiger partial charge in [-0.1, -0.05) is 24.9 Å². The van der Waals surface area contributed by atoms with E-state index >= 15 is 0 Å². The second-order valence-electron chi connectivity index (χ2n) is 4.96. The number of carbonyl (C=O) groups is 1. The van der Waals surface area contributed by atoms with Crippen LogP contribution in [0.3, 0.4) is 0 Å². The van der Waals surface area contributed by atoms with Crippen LogP contribution in [0.2, 0.25) is 5.02 Å². The Balaban J connectivity index is 2.77. The zero-order chi connectivity index (χ0) is 15.1. The number of aliphatic hydroxyl groups is 1. The van der Waals surface area contributed by atoms with Crippen LogP contribution in [0.4, 0.5) is 0 Å². The Labute approximate surface area is 125 Å². The lowest BCUT2D eigenvalue weighted by atomic mass is 10.1. The zero-order valence-electron chi connectivity index (χ0n) is 12.1. The van der Waals surface area contributed by atoms with Gasteiger partial charge in [0.05, 0.1) is 17.8 Å². The van der Waals surface area contributed by atoms with Gasteiger partial charge in [0.1, 0.15) is 5.75 Å². The van der Waals surface area contributed by atoms with Gasteiger partial charge in [0.25, 0.3) is 5.91 Å². The van der Waals surface area contributed by atoms with E-state index < -0.39 is 6.10 Å². The van der Waals surface area contributed by atoms with Crippen molar-refractivity contribution in [2.24, 2.45) is 0 Å². The highest BCUT2D eigenvalue weighted by Gasteiger charge is 2.15. The van der Waals surface area contributed by atoms with Crippen molar-refractivity contribution in [1.82, 2.24) is 5.32 Å². The molecule has 0 aliphatic carbocycles. The monoisotopic (exact) mass is 299 g/mol. The molecule has 0 heterocycles. The second kappa shape index (κ2) is 8.12. The summed E-state index contributed by atoms with van der Waals surface area (Å²) in [5, 5.41) is 12.8. The minimum atomic E-state index is -0.530. The van der Waals surface area contributed by atoms with E-state index in [1.165, 1.54) is 0 Å². The van der Waals surface area contributed by atoms with Crippen molar-refractivity contribution < 1.29 is 14.6 Å². The lowest BCUT2D eigenvalue weighted by Gasteiger charge is -2.15. The van der Waals surface area contributed by atoms with Gasteiger partial charge in [0.2, 0.25) is 0 Å². The Morgan fingerprint density at radius 2 is 2.15 bits per heavy atom. The van der Waals surface area contributed by atoms with Crippen LogP contribution >= 0.6 is 11.6 Å². The predicted octanol–water partition coefficient (Wildman–Crippen LogP) is 3.02. The van der Waals surface area contributed by atoms with Crippen molar-refractivity contribution in [3.05, 3.63) is 28.8 Å². The second-order valence-corrected chi connectivity index (χ2v) is 5.40. The summed E-state index contributed by atoms with van der Waals surface area (Å²) < 4.78 is 5.59. The van der Waals surface area contributed by atoms with Gasteiger partial charge >= 0.3 is 0 Å². The number of rotatable bonds is 7. The molecule has 0 saturated carbocycles. The topological polar surface area (TPSA) is 58.6 Å². The number of nitrogens with one attached hydrogen (secondary N) is 1. The van der Waals surface area contributed by atoms with E-state index in [0.717, 1.165) is 6.42 Å². The molecule has 1 aromatic rings. The summed E-state index contributed by atoms with van der Waals surface area (Å²) in [6.45, 7) is 5.99. The number of benzene rings is 1. The van der Waals surface area contributed by atoms with Crippen LogP contribution in [0.1, 0.15) is 44.0 Å². The Morgan fingerprint density at radius 3 is 2.75 bits per heavy atom. The van der Waals surface area contributed by atoms with E-state index in [1.807, 2.05) is 20.8 Å². The minimum absolute atomic E-state index is 0.0339. The molecule has 0 fully saturated rings. The van der Waals surface area contributed by atoms with Crippen LogP contribution in [0.5, 0.6) is 5.75 Å². The normalized spacial score (nSPS) is 12.3. The first kappa shape index (κ1) is 16.8. The van der Waals surface area contributed by atoms with Gasteiger partial charge in [-0.15, -0.1) is 0 Å². The van der Waals surface area contributed by atoms with Crippen LogP contribution in [0.15, 0.2) is 18.2 Å². The van der Waals surface area contributed by atoms with Gasteiger partial charge < -0.3 is 15.2 Å². The molecular formula is C15H22ClNO3. The number of carbonyl (C=O) groups excluding carboxylic acids is 1. The molecule has 0 bridgehead atoms. The Kier molecular flexibility index (Phi) is 6.82. The number of ether oxygens (including phenoxy) is 1. The summed E-state index contributed by atoms with van der Waals surface area (Å²) in [7, 11) is 0. The quantitative estimate of drug-likeness (QED) is 0.813. The molecule has 0 radical (unpaired) electrons. The largest absolute Gasteiger partial charge is 0.490 e. The van der Waals surface area contributed by atoms with Crippen molar-refractivity contribution >= 4 is 17.5 Å². The number of hydrogen-bond donors (Lipinski definition) is 2. The highest BCUT2D eigenvalue weighted by Crippen LogP contribution is 2.24. The lowest BCUT2D eigenvalue weighted by Crippen LogP contribution is -2.32. The lowest BCUT2D eigenvalue weighted by molar-refractivity contribution is 0.0904. The molecule has 0 aromatic heterocycles.